The number of allylic oxidation sites excluding steroid dienone is 4. The molecule has 0 saturated heterocycles. The van der Waals surface area contributed by atoms with E-state index in [0.29, 0.717) is 0 Å². The molecule has 2 nitrogen and oxygen atoms in total. The summed E-state index contributed by atoms with van der Waals surface area (Å²) in [5.41, 5.74) is 25.3. The van der Waals surface area contributed by atoms with Crippen molar-refractivity contribution in [2.75, 3.05) is 4.90 Å². The SMILES string of the molecule is C1=CC2=C(CC1)C1(c3ccccc32)c2ccccc2-c2ccc(N(c3cccc(-c4ccc5ccccc5c4-c4ccccc4)c3)c3ccc4c(c3)Oc3ccccc3C43c4ccccc4-c4ccccc43)cc21. The third-order valence-electron chi connectivity index (χ3n) is 17.0. The van der Waals surface area contributed by atoms with Crippen LogP contribution in [-0.2, 0) is 10.8 Å². The van der Waals surface area contributed by atoms with Gasteiger partial charge in [-0.25, -0.2) is 0 Å². The molecule has 346 valence electrons. The number of ether oxygens (including phenoxy) is 1. The molecule has 4 aliphatic carbocycles. The zero-order valence-corrected chi connectivity index (χ0v) is 40.6. The number of hydrogen-bond donors (Lipinski definition) is 0. The molecule has 0 fully saturated rings. The Hall–Kier alpha value is -9.24. The Morgan fingerprint density at radius 1 is 0.351 bits per heavy atom. The first kappa shape index (κ1) is 41.4. The van der Waals surface area contributed by atoms with Gasteiger partial charge in [0.1, 0.15) is 11.5 Å². The van der Waals surface area contributed by atoms with E-state index in [-0.39, 0.29) is 0 Å². The lowest BCUT2D eigenvalue weighted by Gasteiger charge is -2.40. The number of para-hydroxylation sites is 1. The number of rotatable bonds is 5. The fourth-order valence-corrected chi connectivity index (χ4v) is 14.2. The number of hydrogen-bond acceptors (Lipinski definition) is 2. The Morgan fingerprint density at radius 2 is 0.905 bits per heavy atom. The highest BCUT2D eigenvalue weighted by atomic mass is 16.5. The van der Waals surface area contributed by atoms with Crippen LogP contribution in [0.25, 0.3) is 60.9 Å². The summed E-state index contributed by atoms with van der Waals surface area (Å²) < 4.78 is 7.21. The van der Waals surface area contributed by atoms with Crippen molar-refractivity contribution in [3.63, 3.8) is 0 Å². The molecule has 74 heavy (non-hydrogen) atoms. The van der Waals surface area contributed by atoms with Gasteiger partial charge in [0.25, 0.3) is 0 Å². The van der Waals surface area contributed by atoms with Crippen LogP contribution >= 0.6 is 0 Å². The van der Waals surface area contributed by atoms with E-state index in [2.05, 4.69) is 266 Å². The maximum atomic E-state index is 7.21. The fraction of sp³-hybridized carbons (Fsp3) is 0.0556. The van der Waals surface area contributed by atoms with Gasteiger partial charge < -0.3 is 9.64 Å². The molecular weight excluding hydrogens is 895 g/mol. The lowest BCUT2D eigenvalue weighted by atomic mass is 9.66. The van der Waals surface area contributed by atoms with Crippen molar-refractivity contribution in [1.29, 1.82) is 0 Å². The summed E-state index contributed by atoms with van der Waals surface area (Å²) in [5, 5.41) is 2.46. The van der Waals surface area contributed by atoms with Gasteiger partial charge in [-0.15, -0.1) is 0 Å². The molecule has 5 aliphatic rings. The summed E-state index contributed by atoms with van der Waals surface area (Å²) in [6.45, 7) is 0. The van der Waals surface area contributed by atoms with Gasteiger partial charge in [-0.05, 0) is 149 Å². The first-order valence-electron chi connectivity index (χ1n) is 26.0. The van der Waals surface area contributed by atoms with Crippen LogP contribution in [0.2, 0.25) is 0 Å². The zero-order valence-electron chi connectivity index (χ0n) is 40.6. The van der Waals surface area contributed by atoms with Crippen molar-refractivity contribution in [3.05, 3.63) is 311 Å². The topological polar surface area (TPSA) is 12.5 Å². The molecule has 1 heterocycles. The molecule has 0 N–H and O–H groups in total. The number of nitrogens with zero attached hydrogens (tertiary/aromatic N) is 1. The molecule has 0 amide bonds. The van der Waals surface area contributed by atoms with E-state index >= 15 is 0 Å². The molecule has 1 unspecified atom stereocenters. The summed E-state index contributed by atoms with van der Waals surface area (Å²) in [6, 6.07) is 92.7. The van der Waals surface area contributed by atoms with Gasteiger partial charge in [-0.3, -0.25) is 0 Å². The summed E-state index contributed by atoms with van der Waals surface area (Å²) in [7, 11) is 0. The van der Waals surface area contributed by atoms with E-state index < -0.39 is 10.8 Å². The first-order valence-corrected chi connectivity index (χ1v) is 26.0. The van der Waals surface area contributed by atoms with Crippen LogP contribution in [0.1, 0.15) is 57.3 Å². The normalized spacial score (nSPS) is 16.4. The Labute approximate surface area is 431 Å². The van der Waals surface area contributed by atoms with E-state index in [1.807, 2.05) is 0 Å². The van der Waals surface area contributed by atoms with E-state index in [1.165, 1.54) is 99.8 Å². The molecule has 16 rings (SSSR count). The smallest absolute Gasteiger partial charge is 0.134 e. The number of benzene rings is 11. The maximum absolute atomic E-state index is 7.21. The predicted molar refractivity (Wildman–Crippen MR) is 304 cm³/mol. The Kier molecular flexibility index (Phi) is 8.74. The summed E-state index contributed by atoms with van der Waals surface area (Å²) in [6.07, 6.45) is 6.80. The minimum atomic E-state index is -0.563. The second kappa shape index (κ2) is 15.6. The predicted octanol–water partition coefficient (Wildman–Crippen LogP) is 18.5. The Balaban J connectivity index is 0.951. The van der Waals surface area contributed by atoms with Crippen molar-refractivity contribution in [1.82, 2.24) is 0 Å². The molecular formula is C72H47NO. The standard InChI is InChI=1S/C72H47NO/c1-2-20-47(21-3-1)70-52-24-5-4-19-46(52)37-40-53(70)48-22-18-23-49(43-48)73(50-38-41-59-58-29-10-13-32-62(58)71(67(59)44-50)60-30-11-6-25-54(60)55-26-7-12-31-61(55)71)51-39-42-66-69(45-51)74-68-36-17-16-35-65(68)72(66)63-33-14-8-27-56(63)57-28-9-15-34-64(57)72/h1-11,13-30,32-45H,12,31H2. The second-order valence-corrected chi connectivity index (χ2v) is 20.5. The minimum absolute atomic E-state index is 0.417. The van der Waals surface area contributed by atoms with Crippen molar-refractivity contribution in [2.24, 2.45) is 0 Å². The lowest BCUT2D eigenvalue weighted by Crippen LogP contribution is -2.32. The largest absolute Gasteiger partial charge is 0.457 e. The highest BCUT2D eigenvalue weighted by molar-refractivity contribution is 6.05. The Morgan fingerprint density at radius 3 is 1.68 bits per heavy atom. The van der Waals surface area contributed by atoms with Gasteiger partial charge in [0.15, 0.2) is 0 Å². The molecule has 1 atom stereocenters. The van der Waals surface area contributed by atoms with Gasteiger partial charge in [0.2, 0.25) is 0 Å². The van der Waals surface area contributed by atoms with Crippen LogP contribution in [0, 0.1) is 0 Å². The average molecular weight is 942 g/mol. The third-order valence-corrected chi connectivity index (χ3v) is 17.0. The fourth-order valence-electron chi connectivity index (χ4n) is 14.2. The molecule has 0 bridgehead atoms. The van der Waals surface area contributed by atoms with Crippen molar-refractivity contribution in [2.45, 2.75) is 23.7 Å². The summed E-state index contributed by atoms with van der Waals surface area (Å²) in [4.78, 5) is 2.48. The minimum Gasteiger partial charge on any atom is -0.457 e. The molecule has 0 saturated carbocycles. The Bertz CT molecular complexity index is 4210. The van der Waals surface area contributed by atoms with Crippen LogP contribution in [0.4, 0.5) is 17.1 Å². The summed E-state index contributed by atoms with van der Waals surface area (Å²) in [5.74, 6) is 1.73. The van der Waals surface area contributed by atoms with E-state index in [9.17, 15) is 0 Å². The van der Waals surface area contributed by atoms with Crippen LogP contribution in [-0.4, -0.2) is 0 Å². The van der Waals surface area contributed by atoms with Gasteiger partial charge in [0, 0.05) is 34.3 Å². The molecule has 0 aromatic heterocycles. The lowest BCUT2D eigenvalue weighted by molar-refractivity contribution is 0.436. The van der Waals surface area contributed by atoms with Gasteiger partial charge >= 0.3 is 0 Å². The van der Waals surface area contributed by atoms with Crippen LogP contribution in [0.5, 0.6) is 11.5 Å². The molecule has 11 aromatic rings. The quantitative estimate of drug-likeness (QED) is 0.170. The molecule has 2 heteroatoms. The maximum Gasteiger partial charge on any atom is 0.134 e. The monoisotopic (exact) mass is 941 g/mol. The molecule has 11 aromatic carbocycles. The van der Waals surface area contributed by atoms with Gasteiger partial charge in [-0.2, -0.15) is 0 Å². The summed E-state index contributed by atoms with van der Waals surface area (Å²) >= 11 is 0. The van der Waals surface area contributed by atoms with Crippen LogP contribution in [0.15, 0.2) is 266 Å². The van der Waals surface area contributed by atoms with Crippen molar-refractivity contribution >= 4 is 33.4 Å². The second-order valence-electron chi connectivity index (χ2n) is 20.5. The van der Waals surface area contributed by atoms with Crippen LogP contribution in [0.3, 0.4) is 0 Å². The number of fused-ring (bicyclic) bond motifs is 19. The van der Waals surface area contributed by atoms with Crippen molar-refractivity contribution < 1.29 is 4.74 Å². The third kappa shape index (κ3) is 5.49. The van der Waals surface area contributed by atoms with Crippen molar-refractivity contribution in [3.8, 4) is 56.0 Å². The first-order chi connectivity index (χ1) is 36.7. The number of anilines is 3. The van der Waals surface area contributed by atoms with E-state index in [0.717, 1.165) is 52.5 Å². The van der Waals surface area contributed by atoms with Gasteiger partial charge in [-0.1, -0.05) is 218 Å². The van der Waals surface area contributed by atoms with Gasteiger partial charge in [0.05, 0.1) is 10.8 Å². The van der Waals surface area contributed by atoms with Crippen LogP contribution < -0.4 is 9.64 Å². The molecule has 1 aliphatic heterocycles. The highest BCUT2D eigenvalue weighted by Crippen LogP contribution is 2.65. The molecule has 0 radical (unpaired) electrons. The average Bonchev–Trinajstić information content (AvgIpc) is 4.05. The van der Waals surface area contributed by atoms with E-state index in [4.69, 9.17) is 4.74 Å². The zero-order chi connectivity index (χ0) is 48.5. The highest BCUT2D eigenvalue weighted by Gasteiger charge is 2.54. The van der Waals surface area contributed by atoms with E-state index in [1.54, 1.807) is 0 Å². The molecule has 2 spiro atoms.